The Labute approximate surface area is 323 Å². The second-order valence-corrected chi connectivity index (χ2v) is 18.4. The highest BCUT2D eigenvalue weighted by Crippen LogP contribution is 2.57. The first kappa shape index (κ1) is 39.3. The summed E-state index contributed by atoms with van der Waals surface area (Å²) >= 11 is 0. The van der Waals surface area contributed by atoms with E-state index < -0.39 is 99.3 Å². The number of aryl methyl sites for hydroxylation is 1. The van der Waals surface area contributed by atoms with Gasteiger partial charge in [0.05, 0.1) is 34.3 Å². The molecule has 3 fully saturated rings. The van der Waals surface area contributed by atoms with E-state index in [4.69, 9.17) is 19.4 Å². The fourth-order valence-electron chi connectivity index (χ4n) is 7.57. The minimum absolute atomic E-state index is 0.0388. The summed E-state index contributed by atoms with van der Waals surface area (Å²) in [7, 11) is -3.92. The van der Waals surface area contributed by atoms with E-state index in [1.165, 1.54) is 11.0 Å². The number of para-hydroxylation sites is 2. The lowest BCUT2D eigenvalue weighted by atomic mass is 9.85. The van der Waals surface area contributed by atoms with Gasteiger partial charge in [0.15, 0.2) is 12.4 Å². The molecule has 4 bridgehead atoms. The molecule has 16 heteroatoms. The first-order chi connectivity index (χ1) is 26.4. The lowest BCUT2D eigenvalue weighted by Crippen LogP contribution is -2.57. The van der Waals surface area contributed by atoms with Crippen LogP contribution in [0.1, 0.15) is 64.9 Å². The predicted octanol–water partition coefficient (Wildman–Crippen LogP) is 5.13. The maximum Gasteiger partial charge on any atom is 0.408 e. The Morgan fingerprint density at radius 3 is 2.46 bits per heavy atom. The number of cyclic esters (lactones) is 1. The van der Waals surface area contributed by atoms with Gasteiger partial charge in [-0.3, -0.25) is 19.1 Å². The van der Waals surface area contributed by atoms with Crippen molar-refractivity contribution in [1.82, 2.24) is 24.9 Å². The molecule has 1 aromatic heterocycles. The molecule has 2 aromatic carbocycles. The quantitative estimate of drug-likeness (QED) is 0.306. The molecule has 2 saturated carbocycles. The average molecular weight is 794 g/mol. The van der Waals surface area contributed by atoms with Crippen molar-refractivity contribution in [3.05, 3.63) is 66.7 Å². The van der Waals surface area contributed by atoms with Crippen LogP contribution in [0.4, 0.5) is 13.6 Å². The number of hydrogen-bond acceptors (Lipinski definition) is 10. The molecular weight excluding hydrogens is 749 g/mol. The number of nitrogens with zero attached hydrogens (tertiary/aromatic N) is 3. The molecule has 4 aliphatic rings. The number of carbonyl (C=O) groups excluding carboxylic acids is 4. The lowest BCUT2D eigenvalue weighted by Gasteiger charge is -2.35. The number of ether oxygens (including phenoxy) is 2. The van der Waals surface area contributed by atoms with Crippen LogP contribution in [0, 0.1) is 16.7 Å². The minimum atomic E-state index is -3.92. The fraction of sp³-hybridized carbons (Fsp3) is 0.500. The van der Waals surface area contributed by atoms with Crippen molar-refractivity contribution in [3.8, 4) is 17.1 Å². The van der Waals surface area contributed by atoms with E-state index in [0.29, 0.717) is 40.7 Å². The van der Waals surface area contributed by atoms with E-state index in [-0.39, 0.29) is 31.7 Å². The van der Waals surface area contributed by atoms with Gasteiger partial charge in [-0.15, -0.1) is 6.58 Å². The van der Waals surface area contributed by atoms with Gasteiger partial charge in [0, 0.05) is 24.8 Å². The second-order valence-electron chi connectivity index (χ2n) is 16.4. The van der Waals surface area contributed by atoms with Crippen LogP contribution >= 0.6 is 0 Å². The summed E-state index contributed by atoms with van der Waals surface area (Å²) in [5.74, 6) is -5.80. The molecular formula is C40H45F2N5O8S. The molecule has 298 valence electrons. The van der Waals surface area contributed by atoms with Gasteiger partial charge in [-0.2, -0.15) is 0 Å². The molecule has 3 amide bonds. The number of aromatic nitrogens is 2. The van der Waals surface area contributed by atoms with Crippen molar-refractivity contribution in [3.63, 3.8) is 0 Å². The van der Waals surface area contributed by atoms with Crippen LogP contribution < -0.4 is 14.8 Å². The van der Waals surface area contributed by atoms with Crippen LogP contribution in [0.5, 0.6) is 5.88 Å². The number of nitrogens with one attached hydrogen (secondary N) is 2. The molecule has 3 heterocycles. The molecule has 3 aromatic rings. The van der Waals surface area contributed by atoms with Gasteiger partial charge in [-0.25, -0.2) is 32.0 Å². The highest BCUT2D eigenvalue weighted by atomic mass is 32.2. The van der Waals surface area contributed by atoms with Crippen LogP contribution in [-0.4, -0.2) is 89.5 Å². The SMILES string of the molecule is C=C[C@@H]1C[C@]1(CC(=O)[C@@H]1C[C@@H]2CN1C(=O)[C@H](C(C)(C)C)NC(=O)OCC(F)(F)CCc1cccc(c1)-c1nc3ccccc3nc1O2)C(=O)NS(=O)(=O)C1CC1. The number of Topliss-reactive ketones (excluding diaryl/α,β-unsaturated/α-hetero) is 1. The van der Waals surface area contributed by atoms with Gasteiger partial charge in [-0.05, 0) is 60.8 Å². The Hall–Kier alpha value is -4.99. The smallest absolute Gasteiger partial charge is 0.408 e. The van der Waals surface area contributed by atoms with Crippen LogP contribution in [0.3, 0.4) is 0 Å². The molecule has 7 rings (SSSR count). The maximum atomic E-state index is 15.1. The van der Waals surface area contributed by atoms with Crippen molar-refractivity contribution in [2.45, 2.75) is 95.1 Å². The number of amides is 3. The highest BCUT2D eigenvalue weighted by molar-refractivity contribution is 7.90. The van der Waals surface area contributed by atoms with Crippen molar-refractivity contribution in [1.29, 1.82) is 0 Å². The van der Waals surface area contributed by atoms with Gasteiger partial charge in [0.1, 0.15) is 17.8 Å². The summed E-state index contributed by atoms with van der Waals surface area (Å²) < 4.78 is 69.4. The third kappa shape index (κ3) is 8.11. The van der Waals surface area contributed by atoms with Gasteiger partial charge < -0.3 is 19.7 Å². The van der Waals surface area contributed by atoms with Crippen molar-refractivity contribution in [2.24, 2.45) is 16.7 Å². The third-order valence-corrected chi connectivity index (χ3v) is 12.9. The monoisotopic (exact) mass is 793 g/mol. The van der Waals surface area contributed by atoms with Crippen LogP contribution in [0.2, 0.25) is 0 Å². The van der Waals surface area contributed by atoms with Crippen LogP contribution in [0.15, 0.2) is 61.2 Å². The molecule has 0 radical (unpaired) electrons. The zero-order valence-corrected chi connectivity index (χ0v) is 32.2. The number of allylic oxidation sites excluding steroid dienone is 1. The predicted molar refractivity (Wildman–Crippen MR) is 201 cm³/mol. The third-order valence-electron chi connectivity index (χ3n) is 11.1. The second kappa shape index (κ2) is 14.5. The van der Waals surface area contributed by atoms with Crippen molar-refractivity contribution in [2.75, 3.05) is 13.2 Å². The molecule has 2 N–H and O–H groups in total. The number of alkyl halides is 2. The Kier molecular flexibility index (Phi) is 10.2. The van der Waals surface area contributed by atoms with E-state index in [1.807, 2.05) is 0 Å². The summed E-state index contributed by atoms with van der Waals surface area (Å²) in [6.07, 6.45) is -0.591. The summed E-state index contributed by atoms with van der Waals surface area (Å²) in [6, 6.07) is 11.5. The lowest BCUT2D eigenvalue weighted by molar-refractivity contribution is -0.142. The molecule has 2 aliphatic carbocycles. The van der Waals surface area contributed by atoms with E-state index in [0.717, 1.165) is 0 Å². The fourth-order valence-corrected chi connectivity index (χ4v) is 8.96. The Morgan fingerprint density at radius 2 is 1.80 bits per heavy atom. The zero-order valence-electron chi connectivity index (χ0n) is 31.4. The number of alkyl carbamates (subject to hydrolysis) is 1. The van der Waals surface area contributed by atoms with E-state index in [9.17, 15) is 27.6 Å². The first-order valence-corrected chi connectivity index (χ1v) is 20.3. The number of carbonyl (C=O) groups is 4. The van der Waals surface area contributed by atoms with Crippen LogP contribution in [-0.2, 0) is 35.6 Å². The number of hydrogen-bond donors (Lipinski definition) is 2. The first-order valence-electron chi connectivity index (χ1n) is 18.7. The summed E-state index contributed by atoms with van der Waals surface area (Å²) in [4.78, 5) is 66.5. The molecule has 1 saturated heterocycles. The van der Waals surface area contributed by atoms with Crippen molar-refractivity contribution >= 4 is 44.7 Å². The standard InChI is InChI=1S/C40H45F2N5O8S/c1-5-25-19-39(25,36(50)46-56(52,53)27-13-14-27)20-31(48)30-18-26-21-47(30)35(49)33(38(2,3)4)45-37(51)54-22-40(41,42)16-15-23-9-8-10-24(17-23)32-34(55-26)44-29-12-7-6-11-28(29)43-32/h5-12,17,25-27,30,33H,1,13-16,18-22H2,2-4H3,(H,45,51)(H,46,50)/t25-,26-,30+,33-,39-/m1/s1. The summed E-state index contributed by atoms with van der Waals surface area (Å²) in [6.45, 7) is 7.41. The molecule has 2 aliphatic heterocycles. The van der Waals surface area contributed by atoms with Crippen molar-refractivity contribution < 1.29 is 45.9 Å². The summed E-state index contributed by atoms with van der Waals surface area (Å²) in [5, 5.41) is 1.80. The number of sulfonamides is 1. The minimum Gasteiger partial charge on any atom is -0.471 e. The number of halogens is 2. The normalized spacial score (nSPS) is 26.8. The Balaban J connectivity index is 1.27. The van der Waals surface area contributed by atoms with Gasteiger partial charge in [-0.1, -0.05) is 57.2 Å². The average Bonchev–Trinajstić information content (AvgIpc) is 4.08. The molecule has 0 spiro atoms. The van der Waals surface area contributed by atoms with E-state index in [2.05, 4.69) is 16.6 Å². The Bertz CT molecular complexity index is 2210. The maximum absolute atomic E-state index is 15.1. The molecule has 13 nitrogen and oxygen atoms in total. The largest absolute Gasteiger partial charge is 0.471 e. The van der Waals surface area contributed by atoms with E-state index >= 15 is 8.78 Å². The Morgan fingerprint density at radius 1 is 1.09 bits per heavy atom. The molecule has 56 heavy (non-hydrogen) atoms. The highest BCUT2D eigenvalue weighted by Gasteiger charge is 2.61. The van der Waals surface area contributed by atoms with Gasteiger partial charge >= 0.3 is 6.09 Å². The number of benzene rings is 2. The van der Waals surface area contributed by atoms with E-state index in [1.54, 1.807) is 69.3 Å². The summed E-state index contributed by atoms with van der Waals surface area (Å²) in [5.41, 5.74) is 0.129. The van der Waals surface area contributed by atoms with Gasteiger partial charge in [0.2, 0.25) is 27.7 Å². The molecule has 5 atom stereocenters. The van der Waals surface area contributed by atoms with Gasteiger partial charge in [0.25, 0.3) is 5.92 Å². The number of fused-ring (bicyclic) bond motifs is 7. The number of rotatable bonds is 7. The topological polar surface area (TPSA) is 174 Å². The number of ketones is 1. The van der Waals surface area contributed by atoms with Crippen LogP contribution in [0.25, 0.3) is 22.3 Å². The molecule has 0 unspecified atom stereocenters. The zero-order chi connectivity index (χ0) is 40.2.